The lowest BCUT2D eigenvalue weighted by Crippen LogP contribution is -2.32. The van der Waals surface area contributed by atoms with Crippen LogP contribution >= 0.6 is 0 Å². The fraction of sp³-hybridized carbons (Fsp3) is 0.625. The minimum absolute atomic E-state index is 0.222. The highest BCUT2D eigenvalue weighted by atomic mass is 16.5. The van der Waals surface area contributed by atoms with E-state index >= 15 is 0 Å². The monoisotopic (exact) mass is 247 g/mol. The molecule has 0 bridgehead atoms. The first-order valence-electron chi connectivity index (χ1n) is 7.07. The molecule has 1 aliphatic carbocycles. The number of ether oxygens (including phenoxy) is 1. The standard InChI is InChI=1S/C16H25NO/c1-4-18-15-10-12(2)14(9-13(15)3)16(11-17)7-5-6-8-16/h9-10H,4-8,11,17H2,1-3H3. The molecule has 0 aromatic heterocycles. The van der Waals surface area contributed by atoms with Gasteiger partial charge in [-0.2, -0.15) is 0 Å². The largest absolute Gasteiger partial charge is 0.494 e. The number of hydrogen-bond donors (Lipinski definition) is 1. The van der Waals surface area contributed by atoms with Gasteiger partial charge < -0.3 is 10.5 Å². The van der Waals surface area contributed by atoms with Crippen molar-refractivity contribution in [2.45, 2.75) is 51.9 Å². The van der Waals surface area contributed by atoms with E-state index in [1.165, 1.54) is 42.4 Å². The predicted molar refractivity (Wildman–Crippen MR) is 76.3 cm³/mol. The molecule has 0 spiro atoms. The van der Waals surface area contributed by atoms with Crippen LogP contribution in [0.15, 0.2) is 12.1 Å². The zero-order chi connectivity index (χ0) is 13.2. The van der Waals surface area contributed by atoms with Crippen molar-refractivity contribution >= 4 is 0 Å². The van der Waals surface area contributed by atoms with Crippen molar-refractivity contribution in [1.82, 2.24) is 0 Å². The van der Waals surface area contributed by atoms with E-state index in [0.29, 0.717) is 0 Å². The fourth-order valence-corrected chi connectivity index (χ4v) is 3.31. The van der Waals surface area contributed by atoms with Gasteiger partial charge in [0.2, 0.25) is 0 Å². The predicted octanol–water partition coefficient (Wildman–Crippen LogP) is 3.47. The number of benzene rings is 1. The quantitative estimate of drug-likeness (QED) is 0.884. The molecule has 0 saturated heterocycles. The van der Waals surface area contributed by atoms with Crippen LogP contribution in [-0.2, 0) is 5.41 Å². The molecular weight excluding hydrogens is 222 g/mol. The molecule has 100 valence electrons. The van der Waals surface area contributed by atoms with Crippen molar-refractivity contribution in [3.63, 3.8) is 0 Å². The zero-order valence-corrected chi connectivity index (χ0v) is 11.9. The van der Waals surface area contributed by atoms with Crippen molar-refractivity contribution in [2.75, 3.05) is 13.2 Å². The molecule has 2 N–H and O–H groups in total. The number of rotatable bonds is 4. The summed E-state index contributed by atoms with van der Waals surface area (Å²) in [5.41, 5.74) is 10.3. The molecule has 2 rings (SSSR count). The molecule has 1 aromatic carbocycles. The van der Waals surface area contributed by atoms with Gasteiger partial charge >= 0.3 is 0 Å². The fourth-order valence-electron chi connectivity index (χ4n) is 3.31. The molecule has 2 heteroatoms. The summed E-state index contributed by atoms with van der Waals surface area (Å²) in [5, 5.41) is 0. The summed E-state index contributed by atoms with van der Waals surface area (Å²) in [4.78, 5) is 0. The smallest absolute Gasteiger partial charge is 0.122 e. The van der Waals surface area contributed by atoms with Crippen molar-refractivity contribution in [1.29, 1.82) is 0 Å². The van der Waals surface area contributed by atoms with Gasteiger partial charge in [-0.25, -0.2) is 0 Å². The average molecular weight is 247 g/mol. The molecule has 0 aliphatic heterocycles. The minimum atomic E-state index is 0.222. The van der Waals surface area contributed by atoms with E-state index < -0.39 is 0 Å². The number of hydrogen-bond acceptors (Lipinski definition) is 2. The van der Waals surface area contributed by atoms with E-state index in [9.17, 15) is 0 Å². The first kappa shape index (κ1) is 13.4. The van der Waals surface area contributed by atoms with Crippen LogP contribution in [0.3, 0.4) is 0 Å². The lowest BCUT2D eigenvalue weighted by Gasteiger charge is -2.30. The van der Waals surface area contributed by atoms with Gasteiger partial charge in [0.25, 0.3) is 0 Å². The Labute approximate surface area is 111 Å². The summed E-state index contributed by atoms with van der Waals surface area (Å²) in [5.74, 6) is 1.02. The van der Waals surface area contributed by atoms with E-state index in [0.717, 1.165) is 18.9 Å². The van der Waals surface area contributed by atoms with Crippen LogP contribution in [0.5, 0.6) is 5.75 Å². The molecule has 0 amide bonds. The Morgan fingerprint density at radius 1 is 1.17 bits per heavy atom. The summed E-state index contributed by atoms with van der Waals surface area (Å²) < 4.78 is 5.67. The number of aryl methyl sites for hydroxylation is 2. The van der Waals surface area contributed by atoms with E-state index in [1.807, 2.05) is 6.92 Å². The molecular formula is C16H25NO. The van der Waals surface area contributed by atoms with Gasteiger partial charge in [0.1, 0.15) is 5.75 Å². The van der Waals surface area contributed by atoms with Gasteiger partial charge in [-0.3, -0.25) is 0 Å². The third kappa shape index (κ3) is 2.26. The highest BCUT2D eigenvalue weighted by Gasteiger charge is 2.35. The summed E-state index contributed by atoms with van der Waals surface area (Å²) in [6.45, 7) is 7.84. The Hall–Kier alpha value is -1.02. The highest BCUT2D eigenvalue weighted by molar-refractivity contribution is 5.45. The maximum absolute atomic E-state index is 6.09. The molecule has 2 nitrogen and oxygen atoms in total. The molecule has 18 heavy (non-hydrogen) atoms. The Balaban J connectivity index is 2.42. The number of nitrogens with two attached hydrogens (primary N) is 1. The lowest BCUT2D eigenvalue weighted by molar-refractivity contribution is 0.337. The van der Waals surface area contributed by atoms with Gasteiger partial charge in [0, 0.05) is 12.0 Å². The Morgan fingerprint density at radius 2 is 1.83 bits per heavy atom. The van der Waals surface area contributed by atoms with Gasteiger partial charge in [0.15, 0.2) is 0 Å². The molecule has 0 heterocycles. The first-order chi connectivity index (χ1) is 8.63. The SMILES string of the molecule is CCOc1cc(C)c(C2(CN)CCCC2)cc1C. The second-order valence-electron chi connectivity index (χ2n) is 5.56. The van der Waals surface area contributed by atoms with Crippen molar-refractivity contribution in [3.8, 4) is 5.75 Å². The topological polar surface area (TPSA) is 35.2 Å². The first-order valence-corrected chi connectivity index (χ1v) is 7.07. The van der Waals surface area contributed by atoms with Crippen LogP contribution in [0.2, 0.25) is 0 Å². The summed E-state index contributed by atoms with van der Waals surface area (Å²) in [6, 6.07) is 4.49. The van der Waals surface area contributed by atoms with Gasteiger partial charge in [-0.05, 0) is 56.4 Å². The Kier molecular flexibility index (Phi) is 3.96. The normalized spacial score (nSPS) is 18.0. The lowest BCUT2D eigenvalue weighted by atomic mass is 9.76. The summed E-state index contributed by atoms with van der Waals surface area (Å²) in [7, 11) is 0. The summed E-state index contributed by atoms with van der Waals surface area (Å²) >= 11 is 0. The molecule has 1 saturated carbocycles. The van der Waals surface area contributed by atoms with E-state index in [2.05, 4.69) is 26.0 Å². The van der Waals surface area contributed by atoms with Crippen molar-refractivity contribution in [3.05, 3.63) is 28.8 Å². The van der Waals surface area contributed by atoms with Crippen LogP contribution in [0, 0.1) is 13.8 Å². The average Bonchev–Trinajstić information content (AvgIpc) is 2.83. The van der Waals surface area contributed by atoms with Gasteiger partial charge in [-0.1, -0.05) is 18.9 Å². The third-order valence-corrected chi connectivity index (χ3v) is 4.34. The molecule has 1 aliphatic rings. The molecule has 0 radical (unpaired) electrons. The zero-order valence-electron chi connectivity index (χ0n) is 11.9. The Morgan fingerprint density at radius 3 is 2.39 bits per heavy atom. The Bertz CT molecular complexity index is 419. The van der Waals surface area contributed by atoms with Crippen molar-refractivity contribution in [2.24, 2.45) is 5.73 Å². The van der Waals surface area contributed by atoms with Crippen LogP contribution in [0.25, 0.3) is 0 Å². The summed E-state index contributed by atoms with van der Waals surface area (Å²) in [6.07, 6.45) is 5.08. The van der Waals surface area contributed by atoms with E-state index in [1.54, 1.807) is 0 Å². The maximum Gasteiger partial charge on any atom is 0.122 e. The molecule has 0 atom stereocenters. The second-order valence-corrected chi connectivity index (χ2v) is 5.56. The second kappa shape index (κ2) is 5.31. The van der Waals surface area contributed by atoms with Crippen LogP contribution < -0.4 is 10.5 Å². The van der Waals surface area contributed by atoms with Crippen LogP contribution in [0.4, 0.5) is 0 Å². The molecule has 1 aromatic rings. The minimum Gasteiger partial charge on any atom is -0.494 e. The van der Waals surface area contributed by atoms with E-state index in [4.69, 9.17) is 10.5 Å². The van der Waals surface area contributed by atoms with Crippen LogP contribution in [0.1, 0.15) is 49.3 Å². The van der Waals surface area contributed by atoms with Crippen LogP contribution in [-0.4, -0.2) is 13.2 Å². The molecule has 1 fully saturated rings. The molecule has 0 unspecified atom stereocenters. The van der Waals surface area contributed by atoms with Crippen molar-refractivity contribution < 1.29 is 4.74 Å². The van der Waals surface area contributed by atoms with Gasteiger partial charge in [0.05, 0.1) is 6.61 Å². The third-order valence-electron chi connectivity index (χ3n) is 4.34. The van der Waals surface area contributed by atoms with E-state index in [-0.39, 0.29) is 5.41 Å². The maximum atomic E-state index is 6.09. The highest BCUT2D eigenvalue weighted by Crippen LogP contribution is 2.43. The van der Waals surface area contributed by atoms with Gasteiger partial charge in [-0.15, -0.1) is 0 Å².